The van der Waals surface area contributed by atoms with E-state index in [1.807, 2.05) is 0 Å². The summed E-state index contributed by atoms with van der Waals surface area (Å²) in [5.74, 6) is -0.515. The molecule has 4 heteroatoms. The van der Waals surface area contributed by atoms with Gasteiger partial charge in [0, 0.05) is 6.04 Å². The maximum atomic E-state index is 10.6. The number of carboxylic acid groups (broad SMARTS) is 1. The van der Waals surface area contributed by atoms with Crippen LogP contribution >= 0.6 is 12.4 Å². The van der Waals surface area contributed by atoms with Gasteiger partial charge in [-0.25, -0.2) is 0 Å². The molecule has 3 N–H and O–H groups in total. The Labute approximate surface area is 78.7 Å². The Morgan fingerprint density at radius 1 is 1.50 bits per heavy atom. The van der Waals surface area contributed by atoms with E-state index in [0.717, 1.165) is 19.3 Å². The third-order valence-corrected chi connectivity index (χ3v) is 2.48. The molecular weight excluding hydrogens is 178 g/mol. The lowest BCUT2D eigenvalue weighted by molar-refractivity contribution is -0.143. The van der Waals surface area contributed by atoms with Crippen molar-refractivity contribution in [1.29, 1.82) is 0 Å². The number of halogens is 1. The molecule has 3 atom stereocenters. The van der Waals surface area contributed by atoms with Crippen LogP contribution in [-0.4, -0.2) is 17.1 Å². The number of hydrogen-bond donors (Lipinski definition) is 2. The standard InChI is InChI=1S/C8H15NO2.ClH/c1-5-2-3-7(9)6(4-5)8(10)11;/h5-7H,2-4,9H2,1H3,(H,10,11);1H/t5?,6-,7+;/m0./s1. The van der Waals surface area contributed by atoms with Crippen molar-refractivity contribution >= 4 is 18.4 Å². The Morgan fingerprint density at radius 2 is 2.08 bits per heavy atom. The maximum Gasteiger partial charge on any atom is 0.308 e. The van der Waals surface area contributed by atoms with E-state index in [9.17, 15) is 4.79 Å². The molecule has 1 fully saturated rings. The summed E-state index contributed by atoms with van der Waals surface area (Å²) in [7, 11) is 0. The maximum absolute atomic E-state index is 10.6. The lowest BCUT2D eigenvalue weighted by atomic mass is 9.79. The van der Waals surface area contributed by atoms with E-state index in [4.69, 9.17) is 10.8 Å². The lowest BCUT2D eigenvalue weighted by Gasteiger charge is -2.29. The van der Waals surface area contributed by atoms with Crippen LogP contribution in [-0.2, 0) is 4.79 Å². The van der Waals surface area contributed by atoms with E-state index in [-0.39, 0.29) is 24.4 Å². The molecule has 0 aromatic heterocycles. The molecule has 1 unspecified atom stereocenters. The second-order valence-corrected chi connectivity index (χ2v) is 3.53. The topological polar surface area (TPSA) is 63.3 Å². The van der Waals surface area contributed by atoms with Crippen molar-refractivity contribution in [2.45, 2.75) is 32.2 Å². The molecule has 0 aromatic carbocycles. The van der Waals surface area contributed by atoms with Gasteiger partial charge in [0.25, 0.3) is 0 Å². The Hall–Kier alpha value is -0.280. The molecule has 1 aliphatic carbocycles. The number of carbonyl (C=O) groups is 1. The summed E-state index contributed by atoms with van der Waals surface area (Å²) in [6, 6.07) is -0.122. The third kappa shape index (κ3) is 2.64. The van der Waals surface area contributed by atoms with E-state index in [1.54, 1.807) is 0 Å². The minimum absolute atomic E-state index is 0. The molecule has 0 radical (unpaired) electrons. The van der Waals surface area contributed by atoms with Gasteiger partial charge >= 0.3 is 5.97 Å². The summed E-state index contributed by atoms with van der Waals surface area (Å²) in [4.78, 5) is 10.6. The van der Waals surface area contributed by atoms with Gasteiger partial charge in [-0.2, -0.15) is 0 Å². The highest BCUT2D eigenvalue weighted by Crippen LogP contribution is 2.27. The van der Waals surface area contributed by atoms with Gasteiger partial charge in [0.05, 0.1) is 5.92 Å². The Morgan fingerprint density at radius 3 is 2.50 bits per heavy atom. The lowest BCUT2D eigenvalue weighted by Crippen LogP contribution is -2.40. The van der Waals surface area contributed by atoms with Crippen LogP contribution in [0.1, 0.15) is 26.2 Å². The van der Waals surface area contributed by atoms with Gasteiger partial charge in [-0.15, -0.1) is 12.4 Å². The molecule has 0 amide bonds. The summed E-state index contributed by atoms with van der Waals surface area (Å²) in [6.07, 6.45) is 2.68. The van der Waals surface area contributed by atoms with E-state index < -0.39 is 5.97 Å². The van der Waals surface area contributed by atoms with Crippen molar-refractivity contribution in [3.8, 4) is 0 Å². The monoisotopic (exact) mass is 193 g/mol. The van der Waals surface area contributed by atoms with Gasteiger partial charge in [0.15, 0.2) is 0 Å². The zero-order valence-corrected chi connectivity index (χ0v) is 8.01. The van der Waals surface area contributed by atoms with Crippen LogP contribution in [0.3, 0.4) is 0 Å². The molecule has 0 saturated heterocycles. The number of carboxylic acids is 1. The highest BCUT2D eigenvalue weighted by atomic mass is 35.5. The van der Waals surface area contributed by atoms with E-state index >= 15 is 0 Å². The normalized spacial score (nSPS) is 35.3. The summed E-state index contributed by atoms with van der Waals surface area (Å²) in [5.41, 5.74) is 5.66. The minimum Gasteiger partial charge on any atom is -0.481 e. The summed E-state index contributed by atoms with van der Waals surface area (Å²) in [6.45, 7) is 2.09. The van der Waals surface area contributed by atoms with Gasteiger partial charge in [-0.1, -0.05) is 6.92 Å². The van der Waals surface area contributed by atoms with Crippen LogP contribution in [0, 0.1) is 11.8 Å². The van der Waals surface area contributed by atoms with Crippen LogP contribution < -0.4 is 5.73 Å². The molecule has 3 nitrogen and oxygen atoms in total. The molecule has 1 aliphatic rings. The smallest absolute Gasteiger partial charge is 0.308 e. The average Bonchev–Trinajstić information content (AvgIpc) is 1.94. The predicted molar refractivity (Wildman–Crippen MR) is 49.4 cm³/mol. The zero-order valence-electron chi connectivity index (χ0n) is 7.19. The van der Waals surface area contributed by atoms with Crippen LogP contribution in [0.15, 0.2) is 0 Å². The van der Waals surface area contributed by atoms with Crippen molar-refractivity contribution < 1.29 is 9.90 Å². The van der Waals surface area contributed by atoms with Crippen molar-refractivity contribution in [3.05, 3.63) is 0 Å². The van der Waals surface area contributed by atoms with E-state index in [0.29, 0.717) is 5.92 Å². The van der Waals surface area contributed by atoms with Crippen LogP contribution in [0.5, 0.6) is 0 Å². The summed E-state index contributed by atoms with van der Waals surface area (Å²) in [5, 5.41) is 8.75. The SMILES string of the molecule is CC1CC[C@@H](N)[C@@H](C(=O)O)C1.Cl. The number of hydrogen-bond acceptors (Lipinski definition) is 2. The van der Waals surface area contributed by atoms with Crippen molar-refractivity contribution in [2.75, 3.05) is 0 Å². The highest BCUT2D eigenvalue weighted by molar-refractivity contribution is 5.85. The highest BCUT2D eigenvalue weighted by Gasteiger charge is 2.30. The predicted octanol–water partition coefficient (Wildman–Crippen LogP) is 1.26. The number of aliphatic carboxylic acids is 1. The molecule has 0 spiro atoms. The molecule has 0 aromatic rings. The fourth-order valence-electron chi connectivity index (χ4n) is 1.69. The molecule has 0 bridgehead atoms. The van der Waals surface area contributed by atoms with E-state index in [2.05, 4.69) is 6.92 Å². The van der Waals surface area contributed by atoms with Gasteiger partial charge < -0.3 is 10.8 Å². The van der Waals surface area contributed by atoms with Crippen molar-refractivity contribution in [2.24, 2.45) is 17.6 Å². The van der Waals surface area contributed by atoms with Crippen LogP contribution in [0.25, 0.3) is 0 Å². The quantitative estimate of drug-likeness (QED) is 0.659. The Bertz CT molecular complexity index is 163. The molecule has 0 heterocycles. The molecule has 72 valence electrons. The van der Waals surface area contributed by atoms with Crippen molar-refractivity contribution in [1.82, 2.24) is 0 Å². The second-order valence-electron chi connectivity index (χ2n) is 3.53. The first-order chi connectivity index (χ1) is 5.11. The van der Waals surface area contributed by atoms with Gasteiger partial charge in [0.2, 0.25) is 0 Å². The first-order valence-corrected chi connectivity index (χ1v) is 4.09. The zero-order chi connectivity index (χ0) is 8.43. The summed E-state index contributed by atoms with van der Waals surface area (Å²) >= 11 is 0. The summed E-state index contributed by atoms with van der Waals surface area (Å²) < 4.78 is 0. The van der Waals surface area contributed by atoms with E-state index in [1.165, 1.54) is 0 Å². The Kier molecular flexibility index (Phi) is 4.57. The second kappa shape index (κ2) is 4.67. The fourth-order valence-corrected chi connectivity index (χ4v) is 1.69. The number of nitrogens with two attached hydrogens (primary N) is 1. The van der Waals surface area contributed by atoms with Gasteiger partial charge in [-0.05, 0) is 25.2 Å². The third-order valence-electron chi connectivity index (χ3n) is 2.48. The molecular formula is C8H16ClNO2. The van der Waals surface area contributed by atoms with Crippen molar-refractivity contribution in [3.63, 3.8) is 0 Å². The van der Waals surface area contributed by atoms with Crippen LogP contribution in [0.2, 0.25) is 0 Å². The average molecular weight is 194 g/mol. The largest absolute Gasteiger partial charge is 0.481 e. The first-order valence-electron chi connectivity index (χ1n) is 4.09. The minimum atomic E-state index is -0.732. The number of rotatable bonds is 1. The van der Waals surface area contributed by atoms with Crippen LogP contribution in [0.4, 0.5) is 0 Å². The molecule has 0 aliphatic heterocycles. The molecule has 12 heavy (non-hydrogen) atoms. The molecule has 1 rings (SSSR count). The Balaban J connectivity index is 0.00000121. The fraction of sp³-hybridized carbons (Fsp3) is 0.875. The van der Waals surface area contributed by atoms with Gasteiger partial charge in [-0.3, -0.25) is 4.79 Å². The molecule has 1 saturated carbocycles. The first kappa shape index (κ1) is 11.7. The van der Waals surface area contributed by atoms with Gasteiger partial charge in [0.1, 0.15) is 0 Å².